The summed E-state index contributed by atoms with van der Waals surface area (Å²) in [4.78, 5) is 0. The third kappa shape index (κ3) is 4.57. The summed E-state index contributed by atoms with van der Waals surface area (Å²) in [5.74, 6) is 0. The normalized spacial score (nSPS) is 12.5. The van der Waals surface area contributed by atoms with Gasteiger partial charge in [-0.05, 0) is 217 Å². The van der Waals surface area contributed by atoms with Crippen LogP contribution in [0.1, 0.15) is 0 Å². The minimum atomic E-state index is 1.21. The second kappa shape index (κ2) is 12.6. The van der Waals surface area contributed by atoms with Gasteiger partial charge in [-0.1, -0.05) is 164 Å². The minimum Gasteiger partial charge on any atom is -0.0610 e. The van der Waals surface area contributed by atoms with Gasteiger partial charge in [-0.25, -0.2) is 0 Å². The predicted molar refractivity (Wildman–Crippen MR) is 286 cm³/mol. The summed E-state index contributed by atoms with van der Waals surface area (Å²) in [5.41, 5.74) is 7.30. The Balaban J connectivity index is 1.02. The Hall–Kier alpha value is -8.58. The van der Waals surface area contributed by atoms with E-state index in [1.165, 1.54) is 163 Å². The first-order valence-electron chi connectivity index (χ1n) is 23.1. The molecule has 0 fully saturated rings. The molecule has 0 nitrogen and oxygen atoms in total. The molecule has 0 atom stereocenters. The van der Waals surface area contributed by atoms with Gasteiger partial charge in [0.15, 0.2) is 0 Å². The van der Waals surface area contributed by atoms with Crippen LogP contribution >= 0.6 is 0 Å². The van der Waals surface area contributed by atoms with E-state index in [0.29, 0.717) is 0 Å². The molecule has 0 saturated heterocycles. The highest BCUT2D eigenvalue weighted by Crippen LogP contribution is 2.47. The zero-order valence-electron chi connectivity index (χ0n) is 35.8. The highest BCUT2D eigenvalue weighted by atomic mass is 14.2. The van der Waals surface area contributed by atoms with Gasteiger partial charge in [-0.2, -0.15) is 0 Å². The molecule has 0 bridgehead atoms. The van der Waals surface area contributed by atoms with Crippen LogP contribution in [0.2, 0.25) is 0 Å². The maximum absolute atomic E-state index is 2.47. The minimum absolute atomic E-state index is 1.21. The fourth-order valence-electron chi connectivity index (χ4n) is 12.6. The molecule has 0 heteroatoms. The van der Waals surface area contributed by atoms with Gasteiger partial charge in [-0.3, -0.25) is 0 Å². The van der Waals surface area contributed by atoms with E-state index < -0.39 is 0 Å². The Morgan fingerprint density at radius 3 is 0.561 bits per heavy atom. The summed E-state index contributed by atoms with van der Waals surface area (Å²) in [5, 5.41) is 31.4. The first kappa shape index (κ1) is 34.9. The molecular formula is C66H36. The maximum atomic E-state index is 2.47. The first-order chi connectivity index (χ1) is 32.7. The van der Waals surface area contributed by atoms with Crippen LogP contribution in [0.3, 0.4) is 0 Å². The van der Waals surface area contributed by atoms with E-state index in [-0.39, 0.29) is 0 Å². The molecule has 16 rings (SSSR count). The van der Waals surface area contributed by atoms with Crippen molar-refractivity contribution in [3.63, 3.8) is 0 Å². The van der Waals surface area contributed by atoms with E-state index >= 15 is 0 Å². The molecule has 0 amide bonds. The molecule has 16 aromatic carbocycles. The lowest BCUT2D eigenvalue weighted by Gasteiger charge is -2.19. The molecule has 0 unspecified atom stereocenters. The smallest absolute Gasteiger partial charge is 0.00259 e. The molecule has 66 heavy (non-hydrogen) atoms. The van der Waals surface area contributed by atoms with Gasteiger partial charge in [0.05, 0.1) is 0 Å². The van der Waals surface area contributed by atoms with Crippen LogP contribution in [0.4, 0.5) is 0 Å². The lowest BCUT2D eigenvalue weighted by molar-refractivity contribution is 1.61. The van der Waals surface area contributed by atoms with Crippen LogP contribution in [0.25, 0.3) is 163 Å². The van der Waals surface area contributed by atoms with E-state index in [2.05, 4.69) is 218 Å². The zero-order chi connectivity index (χ0) is 42.8. The van der Waals surface area contributed by atoms with Crippen molar-refractivity contribution in [3.05, 3.63) is 218 Å². The van der Waals surface area contributed by atoms with Gasteiger partial charge < -0.3 is 0 Å². The molecule has 0 aliphatic rings. The second-order valence-corrected chi connectivity index (χ2v) is 18.7. The van der Waals surface area contributed by atoms with E-state index in [9.17, 15) is 0 Å². The predicted octanol–water partition coefficient (Wildman–Crippen LogP) is 18.8. The number of rotatable bonds is 3. The summed E-state index contributed by atoms with van der Waals surface area (Å²) in [6, 6.07) is 83.3. The molecule has 0 aliphatic heterocycles. The molecule has 0 heterocycles. The number of fused-ring (bicyclic) bond motifs is 6. The Morgan fingerprint density at radius 2 is 0.318 bits per heavy atom. The Kier molecular flexibility index (Phi) is 6.64. The highest BCUT2D eigenvalue weighted by Gasteiger charge is 2.20. The fourth-order valence-corrected chi connectivity index (χ4v) is 12.6. The van der Waals surface area contributed by atoms with Gasteiger partial charge in [0.1, 0.15) is 0 Å². The third-order valence-corrected chi connectivity index (χ3v) is 15.3. The topological polar surface area (TPSA) is 0 Å². The van der Waals surface area contributed by atoms with Crippen molar-refractivity contribution >= 4 is 129 Å². The molecule has 0 aliphatic carbocycles. The number of hydrogen-bond acceptors (Lipinski definition) is 0. The van der Waals surface area contributed by atoms with E-state index in [1.54, 1.807) is 0 Å². The molecule has 0 aromatic heterocycles. The maximum Gasteiger partial charge on any atom is -0.00259 e. The van der Waals surface area contributed by atoms with E-state index in [4.69, 9.17) is 0 Å². The van der Waals surface area contributed by atoms with E-state index in [0.717, 1.165) is 0 Å². The summed E-state index contributed by atoms with van der Waals surface area (Å²) in [6.07, 6.45) is 0. The SMILES string of the molecule is c1cc2cccc3c4cc(-c5cc(-c6cc7cccc8c9cccc%10cccc(c(c6)c78)c%109)cc(-c6cc7cccc8c9cccc%10cccc(c(c6)c78)c%109)c5)cc5cccc(c(c1)c23)c54. The monoisotopic (exact) mass is 828 g/mol. The summed E-state index contributed by atoms with van der Waals surface area (Å²) >= 11 is 0. The zero-order valence-corrected chi connectivity index (χ0v) is 35.8. The van der Waals surface area contributed by atoms with Gasteiger partial charge in [0.2, 0.25) is 0 Å². The van der Waals surface area contributed by atoms with Crippen LogP contribution < -0.4 is 0 Å². The van der Waals surface area contributed by atoms with Gasteiger partial charge in [0.25, 0.3) is 0 Å². The summed E-state index contributed by atoms with van der Waals surface area (Å²) in [7, 11) is 0. The quantitative estimate of drug-likeness (QED) is 0.123. The Bertz CT molecular complexity index is 4230. The molecule has 16 aromatic rings. The molecule has 0 spiro atoms. The molecule has 0 radical (unpaired) electrons. The average molecular weight is 829 g/mol. The lowest BCUT2D eigenvalue weighted by Crippen LogP contribution is -1.92. The van der Waals surface area contributed by atoms with Crippen molar-refractivity contribution in [2.75, 3.05) is 0 Å². The van der Waals surface area contributed by atoms with Crippen molar-refractivity contribution in [1.29, 1.82) is 0 Å². The van der Waals surface area contributed by atoms with Crippen molar-refractivity contribution in [3.8, 4) is 33.4 Å². The first-order valence-corrected chi connectivity index (χ1v) is 23.1. The molecule has 300 valence electrons. The fraction of sp³-hybridized carbons (Fsp3) is 0. The molecule has 0 saturated carbocycles. The molecular weight excluding hydrogens is 793 g/mol. The Labute approximate surface area is 379 Å². The van der Waals surface area contributed by atoms with Crippen LogP contribution in [0, 0.1) is 0 Å². The van der Waals surface area contributed by atoms with E-state index in [1.807, 2.05) is 0 Å². The van der Waals surface area contributed by atoms with Gasteiger partial charge in [-0.15, -0.1) is 0 Å². The van der Waals surface area contributed by atoms with Crippen LogP contribution in [-0.2, 0) is 0 Å². The lowest BCUT2D eigenvalue weighted by atomic mass is 9.85. The standard InChI is InChI=1S/C66H36/c1-10-37-13-4-25-55-58-34-46(28-40-16-7-22-52(64(40)58)49(19-1)61(37)55)43-31-44(47-29-41-17-8-23-53-50-20-2-11-38-14-5-26-56(62(38)50)59(35-47)65(41)53)33-45(32-43)48-30-42-18-9-24-54-51-21-3-12-39-15-6-27-57(63(39)51)60(36-48)66(42)54/h1-36H. The van der Waals surface area contributed by atoms with Crippen molar-refractivity contribution < 1.29 is 0 Å². The number of benzene rings is 16. The van der Waals surface area contributed by atoms with Crippen molar-refractivity contribution in [2.24, 2.45) is 0 Å². The second-order valence-electron chi connectivity index (χ2n) is 18.7. The Morgan fingerprint density at radius 1 is 0.136 bits per heavy atom. The van der Waals surface area contributed by atoms with Crippen LogP contribution in [-0.4, -0.2) is 0 Å². The summed E-state index contributed by atoms with van der Waals surface area (Å²) < 4.78 is 0. The summed E-state index contributed by atoms with van der Waals surface area (Å²) in [6.45, 7) is 0. The number of hydrogen-bond donors (Lipinski definition) is 0. The van der Waals surface area contributed by atoms with Crippen molar-refractivity contribution in [2.45, 2.75) is 0 Å². The molecule has 0 N–H and O–H groups in total. The van der Waals surface area contributed by atoms with Gasteiger partial charge >= 0.3 is 0 Å². The largest absolute Gasteiger partial charge is 0.0610 e. The van der Waals surface area contributed by atoms with Crippen LogP contribution in [0.5, 0.6) is 0 Å². The highest BCUT2D eigenvalue weighted by molar-refractivity contribution is 6.36. The third-order valence-electron chi connectivity index (χ3n) is 15.3. The van der Waals surface area contributed by atoms with Crippen molar-refractivity contribution in [1.82, 2.24) is 0 Å². The van der Waals surface area contributed by atoms with Gasteiger partial charge in [0, 0.05) is 0 Å². The van der Waals surface area contributed by atoms with Crippen LogP contribution in [0.15, 0.2) is 218 Å². The average Bonchev–Trinajstić information content (AvgIpc) is 3.37.